The molecule has 0 aromatic carbocycles. The maximum Gasteiger partial charge on any atom is 0.321 e. The first kappa shape index (κ1) is 14.4. The van der Waals surface area contributed by atoms with Crippen molar-refractivity contribution in [2.75, 3.05) is 18.1 Å². The van der Waals surface area contributed by atoms with E-state index in [0.717, 1.165) is 6.42 Å². The Morgan fingerprint density at radius 3 is 2.67 bits per heavy atom. The number of nitrogens with zero attached hydrogens (tertiary/aromatic N) is 3. The quantitative estimate of drug-likeness (QED) is 0.703. The third-order valence-corrected chi connectivity index (χ3v) is 3.58. The molecule has 18 heavy (non-hydrogen) atoms. The number of rotatable bonds is 6. The molecule has 1 heterocycles. The monoisotopic (exact) mass is 276 g/mol. The molecule has 0 atom stereocenters. The van der Waals surface area contributed by atoms with Gasteiger partial charge in [0.15, 0.2) is 11.6 Å². The van der Waals surface area contributed by atoms with Crippen LogP contribution in [-0.4, -0.2) is 41.7 Å². The van der Waals surface area contributed by atoms with Crippen LogP contribution in [-0.2, 0) is 25.9 Å². The first-order valence-electron chi connectivity index (χ1n) is 5.49. The summed E-state index contributed by atoms with van der Waals surface area (Å²) < 4.78 is 29.6. The Hall–Kier alpha value is -1.64. The van der Waals surface area contributed by atoms with E-state index in [1.54, 1.807) is 6.92 Å². The van der Waals surface area contributed by atoms with E-state index < -0.39 is 21.6 Å². The van der Waals surface area contributed by atoms with Gasteiger partial charge in [-0.1, -0.05) is 12.1 Å². The number of ether oxygens (including phenoxy) is 1. The molecule has 0 radical (unpaired) electrons. The zero-order valence-corrected chi connectivity index (χ0v) is 11.1. The van der Waals surface area contributed by atoms with Crippen molar-refractivity contribution in [3.05, 3.63) is 0 Å². The molecule has 9 heteroatoms. The molecule has 0 spiro atoms. The Kier molecular flexibility index (Phi) is 4.65. The number of anilines is 1. The molecule has 2 N–H and O–H groups in total. The SMILES string of the molecule is CCCn1nnc(S(=O)(=O)CC(=O)OCC)c1N. The number of carbonyl (C=O) groups is 1. The molecule has 0 saturated carbocycles. The van der Waals surface area contributed by atoms with Crippen LogP contribution in [0.4, 0.5) is 5.82 Å². The summed E-state index contributed by atoms with van der Waals surface area (Å²) in [4.78, 5) is 11.2. The second-order valence-electron chi connectivity index (χ2n) is 3.57. The minimum atomic E-state index is -3.90. The lowest BCUT2D eigenvalue weighted by Crippen LogP contribution is -2.20. The summed E-state index contributed by atoms with van der Waals surface area (Å²) in [5.41, 5.74) is 5.63. The molecule has 0 aliphatic rings. The number of esters is 1. The number of aryl methyl sites for hydroxylation is 1. The van der Waals surface area contributed by atoms with Gasteiger partial charge in [0, 0.05) is 6.54 Å². The standard InChI is InChI=1S/C9H16N4O4S/c1-3-5-13-8(10)9(11-12-13)18(15,16)6-7(14)17-4-2/h3-6,10H2,1-2H3. The van der Waals surface area contributed by atoms with Crippen LogP contribution in [0.25, 0.3) is 0 Å². The highest BCUT2D eigenvalue weighted by Crippen LogP contribution is 2.16. The molecular weight excluding hydrogens is 260 g/mol. The minimum absolute atomic E-state index is 0.0545. The fraction of sp³-hybridized carbons (Fsp3) is 0.667. The van der Waals surface area contributed by atoms with Gasteiger partial charge in [0.1, 0.15) is 0 Å². The molecule has 1 rings (SSSR count). The van der Waals surface area contributed by atoms with Crippen LogP contribution in [0.1, 0.15) is 20.3 Å². The van der Waals surface area contributed by atoms with Crippen LogP contribution >= 0.6 is 0 Å². The summed E-state index contributed by atoms with van der Waals surface area (Å²) in [6.45, 7) is 4.07. The van der Waals surface area contributed by atoms with E-state index in [4.69, 9.17) is 5.73 Å². The van der Waals surface area contributed by atoms with Crippen molar-refractivity contribution >= 4 is 21.6 Å². The molecule has 0 fully saturated rings. The molecule has 1 aromatic heterocycles. The highest BCUT2D eigenvalue weighted by Gasteiger charge is 2.27. The average Bonchev–Trinajstić information content (AvgIpc) is 2.61. The zero-order valence-electron chi connectivity index (χ0n) is 10.3. The zero-order chi connectivity index (χ0) is 13.8. The van der Waals surface area contributed by atoms with E-state index in [0.29, 0.717) is 6.54 Å². The Labute approximate surface area is 105 Å². The number of aromatic nitrogens is 3. The van der Waals surface area contributed by atoms with Crippen molar-refractivity contribution in [3.63, 3.8) is 0 Å². The Balaban J connectivity index is 2.95. The Morgan fingerprint density at radius 2 is 2.11 bits per heavy atom. The summed E-state index contributed by atoms with van der Waals surface area (Å²) >= 11 is 0. The number of hydrogen-bond donors (Lipinski definition) is 1. The summed E-state index contributed by atoms with van der Waals surface area (Å²) in [6.07, 6.45) is 0.741. The van der Waals surface area contributed by atoms with Gasteiger partial charge in [0.05, 0.1) is 6.61 Å². The van der Waals surface area contributed by atoms with Crippen LogP contribution in [0, 0.1) is 0 Å². The van der Waals surface area contributed by atoms with Crippen LogP contribution in [0.2, 0.25) is 0 Å². The lowest BCUT2D eigenvalue weighted by molar-refractivity contribution is -0.139. The van der Waals surface area contributed by atoms with E-state index >= 15 is 0 Å². The van der Waals surface area contributed by atoms with E-state index in [1.165, 1.54) is 4.68 Å². The maximum absolute atomic E-state index is 11.9. The molecule has 102 valence electrons. The number of hydrogen-bond acceptors (Lipinski definition) is 7. The van der Waals surface area contributed by atoms with Crippen molar-refractivity contribution in [1.82, 2.24) is 15.0 Å². The molecule has 8 nitrogen and oxygen atoms in total. The third-order valence-electron chi connectivity index (χ3n) is 2.08. The number of nitrogens with two attached hydrogens (primary N) is 1. The highest BCUT2D eigenvalue weighted by molar-refractivity contribution is 7.92. The third kappa shape index (κ3) is 3.19. The lowest BCUT2D eigenvalue weighted by atomic mass is 10.5. The normalized spacial score (nSPS) is 11.4. The molecule has 0 bridgehead atoms. The van der Waals surface area contributed by atoms with Gasteiger partial charge in [0.25, 0.3) is 0 Å². The van der Waals surface area contributed by atoms with Crippen LogP contribution < -0.4 is 5.73 Å². The van der Waals surface area contributed by atoms with Gasteiger partial charge in [-0.05, 0) is 13.3 Å². The second-order valence-corrected chi connectivity index (χ2v) is 5.47. The summed E-state index contributed by atoms with van der Waals surface area (Å²) in [5.74, 6) is -1.67. The van der Waals surface area contributed by atoms with E-state index in [2.05, 4.69) is 15.0 Å². The summed E-state index contributed by atoms with van der Waals surface area (Å²) in [6, 6.07) is 0. The van der Waals surface area contributed by atoms with Crippen molar-refractivity contribution in [2.45, 2.75) is 31.8 Å². The fourth-order valence-corrected chi connectivity index (χ4v) is 2.44. The summed E-state index contributed by atoms with van der Waals surface area (Å²) in [7, 11) is -3.90. The van der Waals surface area contributed by atoms with Crippen molar-refractivity contribution < 1.29 is 17.9 Å². The first-order chi connectivity index (χ1) is 8.42. The fourth-order valence-electron chi connectivity index (χ4n) is 1.33. The van der Waals surface area contributed by atoms with Crippen LogP contribution in [0.5, 0.6) is 0 Å². The largest absolute Gasteiger partial charge is 0.465 e. The number of sulfone groups is 1. The van der Waals surface area contributed by atoms with Gasteiger partial charge in [-0.3, -0.25) is 4.79 Å². The van der Waals surface area contributed by atoms with Gasteiger partial charge >= 0.3 is 5.97 Å². The highest BCUT2D eigenvalue weighted by atomic mass is 32.2. The van der Waals surface area contributed by atoms with E-state index in [9.17, 15) is 13.2 Å². The predicted octanol–water partition coefficient (Wildman–Crippen LogP) is -0.393. The number of nitrogen functional groups attached to an aromatic ring is 1. The molecule has 0 saturated heterocycles. The average molecular weight is 276 g/mol. The Bertz CT molecular complexity index is 523. The smallest absolute Gasteiger partial charge is 0.321 e. The van der Waals surface area contributed by atoms with Gasteiger partial charge in [-0.2, -0.15) is 0 Å². The van der Waals surface area contributed by atoms with Crippen molar-refractivity contribution in [1.29, 1.82) is 0 Å². The molecule has 0 aliphatic heterocycles. The molecule has 0 unspecified atom stereocenters. The van der Waals surface area contributed by atoms with E-state index in [-0.39, 0.29) is 17.5 Å². The Morgan fingerprint density at radius 1 is 1.44 bits per heavy atom. The maximum atomic E-state index is 11.9. The molecular formula is C9H16N4O4S. The topological polar surface area (TPSA) is 117 Å². The van der Waals surface area contributed by atoms with Crippen LogP contribution in [0.15, 0.2) is 5.03 Å². The van der Waals surface area contributed by atoms with Gasteiger partial charge < -0.3 is 10.5 Å². The minimum Gasteiger partial charge on any atom is -0.465 e. The van der Waals surface area contributed by atoms with Gasteiger partial charge in [-0.25, -0.2) is 13.1 Å². The first-order valence-corrected chi connectivity index (χ1v) is 7.15. The van der Waals surface area contributed by atoms with Crippen molar-refractivity contribution in [3.8, 4) is 0 Å². The van der Waals surface area contributed by atoms with Crippen LogP contribution in [0.3, 0.4) is 0 Å². The second kappa shape index (κ2) is 5.80. The van der Waals surface area contributed by atoms with Gasteiger partial charge in [-0.15, -0.1) is 5.10 Å². The lowest BCUT2D eigenvalue weighted by Gasteiger charge is -2.03. The molecule has 0 amide bonds. The number of carbonyl (C=O) groups excluding carboxylic acids is 1. The molecule has 0 aliphatic carbocycles. The molecule has 1 aromatic rings. The predicted molar refractivity (Wildman–Crippen MR) is 63.4 cm³/mol. The summed E-state index contributed by atoms with van der Waals surface area (Å²) in [5, 5.41) is 6.78. The van der Waals surface area contributed by atoms with E-state index in [1.807, 2.05) is 6.92 Å². The van der Waals surface area contributed by atoms with Gasteiger partial charge in [0.2, 0.25) is 14.9 Å². The van der Waals surface area contributed by atoms with Crippen molar-refractivity contribution in [2.24, 2.45) is 0 Å².